The second-order valence-electron chi connectivity index (χ2n) is 3.53. The summed E-state index contributed by atoms with van der Waals surface area (Å²) < 4.78 is 0.901. The average Bonchev–Trinajstić information content (AvgIpc) is 2.38. The van der Waals surface area contributed by atoms with E-state index in [0.29, 0.717) is 20.9 Å². The molecular weight excluding hydrogens is 369 g/mol. The Morgan fingerprint density at radius 1 is 1.32 bits per heavy atom. The Morgan fingerprint density at radius 3 is 2.79 bits per heavy atom. The van der Waals surface area contributed by atoms with Crippen LogP contribution >= 0.6 is 50.9 Å². The minimum atomic E-state index is 0.509. The van der Waals surface area contributed by atoms with Crippen molar-refractivity contribution in [3.05, 3.63) is 38.9 Å². The Kier molecular flexibility index (Phi) is 5.33. The van der Waals surface area contributed by atoms with Gasteiger partial charge in [0, 0.05) is 12.7 Å². The highest BCUT2D eigenvalue weighted by atomic mass is 79.9. The van der Waals surface area contributed by atoms with Gasteiger partial charge >= 0.3 is 0 Å². The van der Waals surface area contributed by atoms with E-state index in [4.69, 9.17) is 23.2 Å². The monoisotopic (exact) mass is 377 g/mol. The van der Waals surface area contributed by atoms with Gasteiger partial charge in [-0.2, -0.15) is 0 Å². The number of rotatable bonds is 4. The molecule has 0 fully saturated rings. The Bertz CT molecular complexity index is 595. The number of pyridine rings is 2. The lowest BCUT2D eigenvalue weighted by Gasteiger charge is -2.09. The number of anilines is 1. The summed E-state index contributed by atoms with van der Waals surface area (Å²) in [5, 5.41) is 5.59. The van der Waals surface area contributed by atoms with Gasteiger partial charge in [0.15, 0.2) is 0 Å². The first kappa shape index (κ1) is 14.9. The van der Waals surface area contributed by atoms with Gasteiger partial charge < -0.3 is 5.32 Å². The molecule has 0 atom stereocenters. The summed E-state index contributed by atoms with van der Waals surface area (Å²) in [6.07, 6.45) is 1.72. The summed E-state index contributed by atoms with van der Waals surface area (Å²) in [6.45, 7) is 2.72. The Hall–Kier alpha value is -0.490. The second kappa shape index (κ2) is 6.79. The third-order valence-electron chi connectivity index (χ3n) is 2.16. The number of hydrogen-bond acceptors (Lipinski definition) is 4. The van der Waals surface area contributed by atoms with Crippen LogP contribution in [0.2, 0.25) is 10.0 Å². The van der Waals surface area contributed by atoms with Gasteiger partial charge in [-0.25, -0.2) is 9.97 Å². The van der Waals surface area contributed by atoms with Crippen LogP contribution in [0.25, 0.3) is 0 Å². The van der Waals surface area contributed by atoms with Crippen molar-refractivity contribution in [1.29, 1.82) is 0 Å². The highest BCUT2D eigenvalue weighted by Gasteiger charge is 2.12. The van der Waals surface area contributed by atoms with E-state index in [9.17, 15) is 0 Å². The molecule has 0 saturated carbocycles. The molecule has 7 heteroatoms. The molecule has 19 heavy (non-hydrogen) atoms. The molecular formula is C12H10BrCl2N3S. The fourth-order valence-electron chi connectivity index (χ4n) is 1.35. The molecule has 2 aromatic rings. The van der Waals surface area contributed by atoms with E-state index >= 15 is 0 Å². The van der Waals surface area contributed by atoms with Crippen molar-refractivity contribution >= 4 is 56.7 Å². The molecule has 1 N–H and O–H groups in total. The van der Waals surface area contributed by atoms with Gasteiger partial charge in [-0.3, -0.25) is 0 Å². The van der Waals surface area contributed by atoms with Gasteiger partial charge in [0.1, 0.15) is 15.9 Å². The van der Waals surface area contributed by atoms with E-state index < -0.39 is 0 Å². The molecule has 0 bridgehead atoms. The quantitative estimate of drug-likeness (QED) is 0.800. The largest absolute Gasteiger partial charge is 0.369 e. The number of halogens is 3. The lowest BCUT2D eigenvalue weighted by Crippen LogP contribution is -2.01. The van der Waals surface area contributed by atoms with Crippen LogP contribution in [0.15, 0.2) is 38.9 Å². The van der Waals surface area contributed by atoms with Crippen LogP contribution < -0.4 is 5.32 Å². The Labute approximate surface area is 134 Å². The molecule has 0 aliphatic heterocycles. The SMILES string of the molecule is CCNc1nc(Sc2ncccc2Br)c(Cl)cc1Cl. The normalized spacial score (nSPS) is 10.5. The zero-order chi connectivity index (χ0) is 13.8. The predicted molar refractivity (Wildman–Crippen MR) is 84.5 cm³/mol. The van der Waals surface area contributed by atoms with E-state index in [1.54, 1.807) is 12.3 Å². The molecule has 0 spiro atoms. The number of nitrogens with zero attached hydrogens (tertiary/aromatic N) is 2. The Balaban J connectivity index is 2.34. The molecule has 0 radical (unpaired) electrons. The summed E-state index contributed by atoms with van der Waals surface area (Å²) in [5.41, 5.74) is 0. The van der Waals surface area contributed by atoms with Crippen molar-refractivity contribution in [2.24, 2.45) is 0 Å². The summed E-state index contributed by atoms with van der Waals surface area (Å²) in [7, 11) is 0. The average molecular weight is 379 g/mol. The zero-order valence-electron chi connectivity index (χ0n) is 9.95. The maximum Gasteiger partial charge on any atom is 0.146 e. The maximum absolute atomic E-state index is 6.17. The predicted octanol–water partition coefficient (Wildman–Crippen LogP) is 5.13. The van der Waals surface area contributed by atoms with E-state index in [0.717, 1.165) is 16.0 Å². The van der Waals surface area contributed by atoms with Crippen LogP contribution in [-0.4, -0.2) is 16.5 Å². The minimum Gasteiger partial charge on any atom is -0.369 e. The fraction of sp³-hybridized carbons (Fsp3) is 0.167. The highest BCUT2D eigenvalue weighted by molar-refractivity contribution is 9.10. The second-order valence-corrected chi connectivity index (χ2v) is 6.17. The van der Waals surface area contributed by atoms with Gasteiger partial charge in [0.2, 0.25) is 0 Å². The lowest BCUT2D eigenvalue weighted by molar-refractivity contribution is 1.06. The van der Waals surface area contributed by atoms with E-state index in [-0.39, 0.29) is 0 Å². The molecule has 0 aliphatic carbocycles. The van der Waals surface area contributed by atoms with Crippen molar-refractivity contribution in [2.45, 2.75) is 17.0 Å². The van der Waals surface area contributed by atoms with Gasteiger partial charge in [0.05, 0.1) is 14.5 Å². The minimum absolute atomic E-state index is 0.509. The number of hydrogen-bond donors (Lipinski definition) is 1. The fourth-order valence-corrected chi connectivity index (χ4v) is 3.15. The summed E-state index contributed by atoms with van der Waals surface area (Å²) >= 11 is 17.1. The molecule has 0 amide bonds. The first-order valence-corrected chi connectivity index (χ1v) is 7.86. The van der Waals surface area contributed by atoms with E-state index in [1.165, 1.54) is 11.8 Å². The maximum atomic E-state index is 6.17. The van der Waals surface area contributed by atoms with Crippen LogP contribution in [0.5, 0.6) is 0 Å². The van der Waals surface area contributed by atoms with E-state index in [1.807, 2.05) is 19.1 Å². The summed E-state index contributed by atoms with van der Waals surface area (Å²) in [5.74, 6) is 0.628. The van der Waals surface area contributed by atoms with Crippen molar-refractivity contribution in [3.8, 4) is 0 Å². The first-order chi connectivity index (χ1) is 9.11. The van der Waals surface area contributed by atoms with Gasteiger partial charge in [-0.05, 0) is 52.8 Å². The third-order valence-corrected chi connectivity index (χ3v) is 4.77. The van der Waals surface area contributed by atoms with Gasteiger partial charge in [-0.15, -0.1) is 0 Å². The zero-order valence-corrected chi connectivity index (χ0v) is 13.9. The molecule has 2 aromatic heterocycles. The van der Waals surface area contributed by atoms with Crippen molar-refractivity contribution in [3.63, 3.8) is 0 Å². The molecule has 0 aromatic carbocycles. The molecule has 100 valence electrons. The lowest BCUT2D eigenvalue weighted by atomic mass is 10.4. The van der Waals surface area contributed by atoms with Crippen LogP contribution in [0, 0.1) is 0 Å². The van der Waals surface area contributed by atoms with Crippen molar-refractivity contribution in [1.82, 2.24) is 9.97 Å². The highest BCUT2D eigenvalue weighted by Crippen LogP contribution is 2.37. The third kappa shape index (κ3) is 3.75. The van der Waals surface area contributed by atoms with Crippen LogP contribution in [0.3, 0.4) is 0 Å². The molecule has 0 unspecified atom stereocenters. The smallest absolute Gasteiger partial charge is 0.146 e. The first-order valence-electron chi connectivity index (χ1n) is 5.50. The van der Waals surface area contributed by atoms with Crippen LogP contribution in [0.1, 0.15) is 6.92 Å². The summed E-state index contributed by atoms with van der Waals surface area (Å²) in [6, 6.07) is 5.47. The van der Waals surface area contributed by atoms with Crippen molar-refractivity contribution < 1.29 is 0 Å². The van der Waals surface area contributed by atoms with Crippen molar-refractivity contribution in [2.75, 3.05) is 11.9 Å². The van der Waals surface area contributed by atoms with Gasteiger partial charge in [-0.1, -0.05) is 23.2 Å². The van der Waals surface area contributed by atoms with Crippen LogP contribution in [-0.2, 0) is 0 Å². The Morgan fingerprint density at radius 2 is 2.11 bits per heavy atom. The molecule has 0 aliphatic rings. The molecule has 2 rings (SSSR count). The van der Waals surface area contributed by atoms with Gasteiger partial charge in [0.25, 0.3) is 0 Å². The van der Waals surface area contributed by atoms with Crippen LogP contribution in [0.4, 0.5) is 5.82 Å². The van der Waals surface area contributed by atoms with E-state index in [2.05, 4.69) is 31.2 Å². The molecule has 3 nitrogen and oxygen atoms in total. The standard InChI is InChI=1S/C12H10BrCl2N3S/c1-2-16-10-8(14)6-9(15)12(18-10)19-11-7(13)4-3-5-17-11/h3-6H,2H2,1H3,(H,16,18). The number of aromatic nitrogens is 2. The molecule has 2 heterocycles. The summed E-state index contributed by atoms with van der Waals surface area (Å²) in [4.78, 5) is 8.70. The molecule has 0 saturated heterocycles. The number of nitrogens with one attached hydrogen (secondary N) is 1. The topological polar surface area (TPSA) is 37.8 Å².